The van der Waals surface area contributed by atoms with Crippen LogP contribution in [-0.2, 0) is 12.0 Å². The van der Waals surface area contributed by atoms with Crippen LogP contribution in [-0.4, -0.2) is 9.97 Å². The number of rotatable bonds is 1. The lowest BCUT2D eigenvalue weighted by molar-refractivity contribution is 0.533. The second-order valence-corrected chi connectivity index (χ2v) is 5.00. The van der Waals surface area contributed by atoms with Gasteiger partial charge in [0.05, 0.1) is 16.9 Å². The number of anilines is 1. The van der Waals surface area contributed by atoms with E-state index in [9.17, 15) is 0 Å². The van der Waals surface area contributed by atoms with Crippen molar-refractivity contribution in [2.24, 2.45) is 5.73 Å². The molecule has 0 saturated carbocycles. The predicted octanol–water partition coefficient (Wildman–Crippen LogP) is 1.79. The van der Waals surface area contributed by atoms with Gasteiger partial charge in [-0.3, -0.25) is 4.98 Å². The first-order valence-corrected chi connectivity index (χ1v) is 6.24. The summed E-state index contributed by atoms with van der Waals surface area (Å²) >= 11 is 0. The maximum atomic E-state index is 6.49. The summed E-state index contributed by atoms with van der Waals surface area (Å²) < 4.78 is 0. The monoisotopic (exact) mass is 252 g/mol. The number of pyridine rings is 2. The lowest BCUT2D eigenvalue weighted by Gasteiger charge is -2.29. The maximum Gasteiger partial charge on any atom is 0.124 e. The third kappa shape index (κ3) is 2.11. The van der Waals surface area contributed by atoms with Crippen LogP contribution in [0.3, 0.4) is 0 Å². The van der Waals surface area contributed by atoms with Crippen LogP contribution in [0.15, 0.2) is 36.4 Å². The third-order valence-corrected chi connectivity index (χ3v) is 3.42. The van der Waals surface area contributed by atoms with Gasteiger partial charge in [0, 0.05) is 12.1 Å². The van der Waals surface area contributed by atoms with E-state index in [0.717, 1.165) is 22.6 Å². The Labute approximate surface area is 112 Å². The van der Waals surface area contributed by atoms with Crippen LogP contribution in [0, 0.1) is 6.92 Å². The molecule has 1 atom stereocenters. The lowest BCUT2D eigenvalue weighted by Crippen LogP contribution is -2.39. The van der Waals surface area contributed by atoms with Crippen molar-refractivity contribution in [3.05, 3.63) is 59.1 Å². The fraction of sp³-hybridized carbons (Fsp3) is 0.200. The number of aromatic nitrogens is 2. The summed E-state index contributed by atoms with van der Waals surface area (Å²) in [7, 11) is 0. The lowest BCUT2D eigenvalue weighted by atomic mass is 9.83. The summed E-state index contributed by atoms with van der Waals surface area (Å²) in [4.78, 5) is 8.84. The molecule has 0 amide bonds. The van der Waals surface area contributed by atoms with Gasteiger partial charge >= 0.3 is 0 Å². The Morgan fingerprint density at radius 3 is 2.79 bits per heavy atom. The number of nitrogen functional groups attached to an aromatic ring is 1. The van der Waals surface area contributed by atoms with Gasteiger partial charge < -0.3 is 11.5 Å². The first-order valence-electron chi connectivity index (χ1n) is 6.24. The summed E-state index contributed by atoms with van der Waals surface area (Å²) in [5, 5.41) is 0. The molecule has 0 aliphatic heterocycles. The van der Waals surface area contributed by atoms with Crippen molar-refractivity contribution in [1.29, 1.82) is 0 Å². The molecule has 0 aromatic carbocycles. The zero-order valence-electron chi connectivity index (χ0n) is 10.8. The minimum atomic E-state index is -0.573. The molecular formula is C15H16N4. The first-order chi connectivity index (χ1) is 9.07. The molecule has 0 saturated heterocycles. The Morgan fingerprint density at radius 2 is 2.00 bits per heavy atom. The van der Waals surface area contributed by atoms with E-state index in [-0.39, 0.29) is 0 Å². The molecule has 0 spiro atoms. The normalized spacial score (nSPS) is 21.2. The van der Waals surface area contributed by atoms with Gasteiger partial charge in [-0.15, -0.1) is 0 Å². The van der Waals surface area contributed by atoms with Crippen LogP contribution in [0.25, 0.3) is 6.08 Å². The van der Waals surface area contributed by atoms with Crippen molar-refractivity contribution in [3.8, 4) is 0 Å². The molecule has 19 heavy (non-hydrogen) atoms. The van der Waals surface area contributed by atoms with Gasteiger partial charge in [0.15, 0.2) is 0 Å². The van der Waals surface area contributed by atoms with E-state index >= 15 is 0 Å². The zero-order chi connectivity index (χ0) is 13.5. The van der Waals surface area contributed by atoms with E-state index in [0.29, 0.717) is 12.2 Å². The second kappa shape index (κ2) is 4.17. The average Bonchev–Trinajstić information content (AvgIpc) is 2.39. The highest BCUT2D eigenvalue weighted by molar-refractivity contribution is 5.58. The van der Waals surface area contributed by atoms with Crippen molar-refractivity contribution >= 4 is 11.9 Å². The summed E-state index contributed by atoms with van der Waals surface area (Å²) in [6, 6.07) is 9.71. The summed E-state index contributed by atoms with van der Waals surface area (Å²) in [5.74, 6) is 0.529. The fourth-order valence-corrected chi connectivity index (χ4v) is 2.39. The molecule has 3 rings (SSSR count). The molecule has 4 nitrogen and oxygen atoms in total. The number of hydrogen-bond acceptors (Lipinski definition) is 4. The van der Waals surface area contributed by atoms with E-state index in [1.165, 1.54) is 0 Å². The second-order valence-electron chi connectivity index (χ2n) is 5.00. The largest absolute Gasteiger partial charge is 0.384 e. The number of fused-ring (bicyclic) bond motifs is 1. The van der Waals surface area contributed by atoms with Gasteiger partial charge in [0.1, 0.15) is 5.82 Å². The quantitative estimate of drug-likeness (QED) is 0.811. The van der Waals surface area contributed by atoms with E-state index in [2.05, 4.69) is 9.97 Å². The average molecular weight is 252 g/mol. The molecule has 1 aliphatic rings. The molecule has 4 N–H and O–H groups in total. The van der Waals surface area contributed by atoms with E-state index in [1.807, 2.05) is 49.4 Å². The fourth-order valence-electron chi connectivity index (χ4n) is 2.39. The molecule has 96 valence electrons. The topological polar surface area (TPSA) is 77.8 Å². The molecule has 1 unspecified atom stereocenters. The highest BCUT2D eigenvalue weighted by atomic mass is 14.9. The van der Waals surface area contributed by atoms with Gasteiger partial charge in [-0.1, -0.05) is 18.2 Å². The van der Waals surface area contributed by atoms with Crippen LogP contribution in [0.4, 0.5) is 5.82 Å². The predicted molar refractivity (Wildman–Crippen MR) is 76.2 cm³/mol. The van der Waals surface area contributed by atoms with Crippen LogP contribution in [0.5, 0.6) is 0 Å². The SMILES string of the molecule is Cc1cccc(C2(N)C=Cc3nc(N)ccc3C2)n1. The third-order valence-electron chi connectivity index (χ3n) is 3.42. The standard InChI is InChI=1S/C15H16N4/c1-10-3-2-4-13(18-10)15(17)8-7-12-11(9-15)5-6-14(16)19-12/h2-8H,9,17H2,1H3,(H2,16,19). The number of hydrogen-bond donors (Lipinski definition) is 2. The Balaban J connectivity index is 2.04. The molecule has 0 radical (unpaired) electrons. The molecule has 4 heteroatoms. The molecule has 0 bridgehead atoms. The van der Waals surface area contributed by atoms with Gasteiger partial charge in [0.25, 0.3) is 0 Å². The van der Waals surface area contributed by atoms with E-state index < -0.39 is 5.54 Å². The highest BCUT2D eigenvalue weighted by Crippen LogP contribution is 2.30. The smallest absolute Gasteiger partial charge is 0.124 e. The van der Waals surface area contributed by atoms with Crippen LogP contribution in [0.1, 0.15) is 22.6 Å². The molecule has 0 fully saturated rings. The summed E-state index contributed by atoms with van der Waals surface area (Å²) in [6.45, 7) is 1.97. The van der Waals surface area contributed by atoms with Crippen molar-refractivity contribution in [3.63, 3.8) is 0 Å². The van der Waals surface area contributed by atoms with Gasteiger partial charge in [-0.2, -0.15) is 0 Å². The van der Waals surface area contributed by atoms with Crippen molar-refractivity contribution in [1.82, 2.24) is 9.97 Å². The summed E-state index contributed by atoms with van der Waals surface area (Å²) in [6.07, 6.45) is 4.57. The maximum absolute atomic E-state index is 6.49. The van der Waals surface area contributed by atoms with Crippen molar-refractivity contribution < 1.29 is 0 Å². The molecule has 2 aromatic rings. The minimum Gasteiger partial charge on any atom is -0.384 e. The van der Waals surface area contributed by atoms with Gasteiger partial charge in [0.2, 0.25) is 0 Å². The van der Waals surface area contributed by atoms with Crippen molar-refractivity contribution in [2.75, 3.05) is 5.73 Å². The minimum absolute atomic E-state index is 0.529. The van der Waals surface area contributed by atoms with Gasteiger partial charge in [-0.05, 0) is 36.8 Å². The van der Waals surface area contributed by atoms with Crippen LogP contribution >= 0.6 is 0 Å². The Kier molecular flexibility index (Phi) is 2.61. The molecule has 2 aromatic heterocycles. The zero-order valence-corrected chi connectivity index (χ0v) is 10.8. The van der Waals surface area contributed by atoms with E-state index in [1.54, 1.807) is 0 Å². The highest BCUT2D eigenvalue weighted by Gasteiger charge is 2.30. The first kappa shape index (κ1) is 11.9. The van der Waals surface area contributed by atoms with E-state index in [4.69, 9.17) is 11.5 Å². The molecule has 1 aliphatic carbocycles. The van der Waals surface area contributed by atoms with Gasteiger partial charge in [-0.25, -0.2) is 4.98 Å². The van der Waals surface area contributed by atoms with Crippen LogP contribution < -0.4 is 11.5 Å². The van der Waals surface area contributed by atoms with Crippen LogP contribution in [0.2, 0.25) is 0 Å². The number of aryl methyl sites for hydroxylation is 1. The molecular weight excluding hydrogens is 236 g/mol. The number of nitrogens with zero attached hydrogens (tertiary/aromatic N) is 2. The number of nitrogens with two attached hydrogens (primary N) is 2. The Bertz CT molecular complexity index is 663. The Morgan fingerprint density at radius 1 is 1.16 bits per heavy atom. The molecule has 2 heterocycles. The van der Waals surface area contributed by atoms with Crippen molar-refractivity contribution in [2.45, 2.75) is 18.9 Å². The Hall–Kier alpha value is -2.20. The summed E-state index contributed by atoms with van der Waals surface area (Å²) in [5.41, 5.74) is 15.5.